The maximum atomic E-state index is 13.2. The number of aromatic nitrogens is 2. The van der Waals surface area contributed by atoms with E-state index in [1.165, 1.54) is 0 Å². The van der Waals surface area contributed by atoms with Gasteiger partial charge in [0, 0.05) is 36.3 Å². The Labute approximate surface area is 165 Å². The summed E-state index contributed by atoms with van der Waals surface area (Å²) in [6.45, 7) is 1.61. The maximum absolute atomic E-state index is 13.2. The van der Waals surface area contributed by atoms with Crippen molar-refractivity contribution in [3.8, 4) is 0 Å². The Morgan fingerprint density at radius 2 is 1.71 bits per heavy atom. The van der Waals surface area contributed by atoms with Crippen molar-refractivity contribution in [2.24, 2.45) is 0 Å². The Bertz CT molecular complexity index is 927. The van der Waals surface area contributed by atoms with Gasteiger partial charge in [-0.05, 0) is 63.5 Å². The molecule has 28 heavy (non-hydrogen) atoms. The molecule has 0 amide bonds. The highest BCUT2D eigenvalue weighted by molar-refractivity contribution is 6.12. The monoisotopic (exact) mass is 375 g/mol. The first kappa shape index (κ1) is 19.5. The Morgan fingerprint density at radius 1 is 0.964 bits per heavy atom. The van der Waals surface area contributed by atoms with E-state index in [1.807, 2.05) is 55.4 Å². The molecule has 0 radical (unpaired) electrons. The summed E-state index contributed by atoms with van der Waals surface area (Å²) in [7, 11) is 4.08. The number of rotatable bonds is 8. The van der Waals surface area contributed by atoms with E-state index in [0.29, 0.717) is 29.2 Å². The van der Waals surface area contributed by atoms with E-state index in [9.17, 15) is 4.79 Å². The Morgan fingerprint density at radius 3 is 2.43 bits per heavy atom. The van der Waals surface area contributed by atoms with Crippen LogP contribution in [0.4, 0.5) is 17.2 Å². The number of nitrogens with zero attached hydrogens (tertiary/aromatic N) is 4. The largest absolute Gasteiger partial charge is 0.396 e. The molecule has 3 aromatic rings. The first-order valence-corrected chi connectivity index (χ1v) is 9.24. The van der Waals surface area contributed by atoms with Gasteiger partial charge in [-0.1, -0.05) is 12.1 Å². The lowest BCUT2D eigenvalue weighted by molar-refractivity contribution is 0.103. The molecule has 0 fully saturated rings. The van der Waals surface area contributed by atoms with Crippen LogP contribution in [0.3, 0.4) is 0 Å². The van der Waals surface area contributed by atoms with Gasteiger partial charge in [-0.2, -0.15) is 0 Å². The van der Waals surface area contributed by atoms with Crippen LogP contribution in [0.15, 0.2) is 67.1 Å². The van der Waals surface area contributed by atoms with Gasteiger partial charge >= 0.3 is 0 Å². The molecule has 0 spiro atoms. The molecule has 0 saturated carbocycles. The summed E-state index contributed by atoms with van der Waals surface area (Å²) in [6, 6.07) is 14.7. The highest BCUT2D eigenvalue weighted by Crippen LogP contribution is 2.32. The van der Waals surface area contributed by atoms with Gasteiger partial charge in [-0.15, -0.1) is 0 Å². The van der Waals surface area contributed by atoms with Gasteiger partial charge in [0.25, 0.3) is 0 Å². The molecule has 0 saturated heterocycles. The summed E-state index contributed by atoms with van der Waals surface area (Å²) in [5.74, 6) is 0.612. The van der Waals surface area contributed by atoms with Gasteiger partial charge in [0.05, 0.1) is 11.4 Å². The van der Waals surface area contributed by atoms with Crippen LogP contribution in [-0.4, -0.2) is 47.8 Å². The first-order valence-electron chi connectivity index (χ1n) is 9.24. The lowest BCUT2D eigenvalue weighted by atomic mass is 10.0. The number of para-hydroxylation sites is 1. The minimum Gasteiger partial charge on any atom is -0.396 e. The molecule has 2 N–H and O–H groups in total. The van der Waals surface area contributed by atoms with Crippen LogP contribution >= 0.6 is 0 Å². The number of pyridine rings is 2. The molecule has 0 aliphatic rings. The molecule has 3 rings (SSSR count). The van der Waals surface area contributed by atoms with Crippen LogP contribution < -0.4 is 10.6 Å². The number of anilines is 3. The SMILES string of the molecule is CN(C)CCCN(c1ccccc1C(=O)c1ccncc1)c1ncccc1N. The van der Waals surface area contributed by atoms with E-state index in [-0.39, 0.29) is 5.78 Å². The highest BCUT2D eigenvalue weighted by Gasteiger charge is 2.21. The van der Waals surface area contributed by atoms with Crippen molar-refractivity contribution in [1.29, 1.82) is 0 Å². The molecular weight excluding hydrogens is 350 g/mol. The summed E-state index contributed by atoms with van der Waals surface area (Å²) < 4.78 is 0. The fourth-order valence-corrected chi connectivity index (χ4v) is 3.08. The molecule has 6 nitrogen and oxygen atoms in total. The normalized spacial score (nSPS) is 10.8. The third-order valence-corrected chi connectivity index (χ3v) is 4.44. The second-order valence-corrected chi connectivity index (χ2v) is 6.81. The number of nitrogens with two attached hydrogens (primary N) is 1. The lowest BCUT2D eigenvalue weighted by Gasteiger charge is -2.27. The first-order chi connectivity index (χ1) is 13.6. The molecular formula is C22H25N5O. The quantitative estimate of drug-likeness (QED) is 0.608. The molecule has 0 bridgehead atoms. The van der Waals surface area contributed by atoms with Crippen LogP contribution in [-0.2, 0) is 0 Å². The van der Waals surface area contributed by atoms with E-state index in [4.69, 9.17) is 5.73 Å². The molecule has 0 atom stereocenters. The number of hydrogen-bond acceptors (Lipinski definition) is 6. The molecule has 2 heterocycles. The van der Waals surface area contributed by atoms with E-state index >= 15 is 0 Å². The molecule has 0 aliphatic carbocycles. The second-order valence-electron chi connectivity index (χ2n) is 6.81. The fourth-order valence-electron chi connectivity index (χ4n) is 3.08. The summed E-state index contributed by atoms with van der Waals surface area (Å²) in [4.78, 5) is 25.8. The average Bonchev–Trinajstić information content (AvgIpc) is 2.72. The Hall–Kier alpha value is -3.25. The van der Waals surface area contributed by atoms with Gasteiger partial charge in [0.15, 0.2) is 11.6 Å². The topological polar surface area (TPSA) is 75.3 Å². The smallest absolute Gasteiger partial charge is 0.195 e. The zero-order valence-corrected chi connectivity index (χ0v) is 16.2. The number of carbonyl (C=O) groups excluding carboxylic acids is 1. The second kappa shape index (κ2) is 9.10. The van der Waals surface area contributed by atoms with Crippen LogP contribution in [0.25, 0.3) is 0 Å². The van der Waals surface area contributed by atoms with Gasteiger partial charge < -0.3 is 15.5 Å². The molecule has 0 aliphatic heterocycles. The molecule has 0 unspecified atom stereocenters. The predicted octanol–water partition coefficient (Wildman–Crippen LogP) is 3.38. The summed E-state index contributed by atoms with van der Waals surface area (Å²) in [5.41, 5.74) is 8.82. The summed E-state index contributed by atoms with van der Waals surface area (Å²) in [5, 5.41) is 0. The van der Waals surface area contributed by atoms with E-state index < -0.39 is 0 Å². The lowest BCUT2D eigenvalue weighted by Crippen LogP contribution is -2.26. The van der Waals surface area contributed by atoms with Crippen molar-refractivity contribution in [3.63, 3.8) is 0 Å². The Balaban J connectivity index is 2.03. The van der Waals surface area contributed by atoms with Crippen molar-refractivity contribution in [2.45, 2.75) is 6.42 Å². The number of nitrogen functional groups attached to an aromatic ring is 1. The van der Waals surface area contributed by atoms with E-state index in [1.54, 1.807) is 30.7 Å². The summed E-state index contributed by atoms with van der Waals surface area (Å²) in [6.07, 6.45) is 5.88. The van der Waals surface area contributed by atoms with Crippen LogP contribution in [0.2, 0.25) is 0 Å². The average molecular weight is 375 g/mol. The van der Waals surface area contributed by atoms with Crippen molar-refractivity contribution in [1.82, 2.24) is 14.9 Å². The van der Waals surface area contributed by atoms with Gasteiger partial charge in [0.1, 0.15) is 0 Å². The zero-order chi connectivity index (χ0) is 19.9. The number of ketones is 1. The molecule has 2 aromatic heterocycles. The third kappa shape index (κ3) is 4.53. The zero-order valence-electron chi connectivity index (χ0n) is 16.2. The van der Waals surface area contributed by atoms with Crippen molar-refractivity contribution in [3.05, 3.63) is 78.2 Å². The Kier molecular flexibility index (Phi) is 6.34. The molecule has 1 aromatic carbocycles. The van der Waals surface area contributed by atoms with Crippen LogP contribution in [0.5, 0.6) is 0 Å². The number of hydrogen-bond donors (Lipinski definition) is 1. The fraction of sp³-hybridized carbons (Fsp3) is 0.227. The molecule has 144 valence electrons. The predicted molar refractivity (Wildman–Crippen MR) is 113 cm³/mol. The van der Waals surface area contributed by atoms with E-state index in [0.717, 1.165) is 18.7 Å². The maximum Gasteiger partial charge on any atom is 0.195 e. The van der Waals surface area contributed by atoms with Gasteiger partial charge in [0.2, 0.25) is 0 Å². The number of benzene rings is 1. The van der Waals surface area contributed by atoms with Crippen molar-refractivity contribution < 1.29 is 4.79 Å². The van der Waals surface area contributed by atoms with Crippen molar-refractivity contribution >= 4 is 23.0 Å². The van der Waals surface area contributed by atoms with Gasteiger partial charge in [-0.3, -0.25) is 9.78 Å². The van der Waals surface area contributed by atoms with Gasteiger partial charge in [-0.25, -0.2) is 4.98 Å². The minimum absolute atomic E-state index is 0.0508. The van der Waals surface area contributed by atoms with Crippen molar-refractivity contribution in [2.75, 3.05) is 37.8 Å². The highest BCUT2D eigenvalue weighted by atomic mass is 16.1. The molecule has 6 heteroatoms. The number of carbonyl (C=O) groups is 1. The van der Waals surface area contributed by atoms with Crippen LogP contribution in [0.1, 0.15) is 22.3 Å². The van der Waals surface area contributed by atoms with Crippen LogP contribution in [0, 0.1) is 0 Å². The minimum atomic E-state index is -0.0508. The standard InChI is InChI=1S/C22H25N5O/c1-26(2)15-6-16-27(22-19(23)8-5-12-25-22)20-9-4-3-7-18(20)21(28)17-10-13-24-14-11-17/h3-5,7-14H,6,15-16,23H2,1-2H3. The van der Waals surface area contributed by atoms with E-state index in [2.05, 4.69) is 14.9 Å². The third-order valence-electron chi connectivity index (χ3n) is 4.44. The summed E-state index contributed by atoms with van der Waals surface area (Å²) >= 11 is 0.